The van der Waals surface area contributed by atoms with E-state index in [1.54, 1.807) is 4.57 Å². The first kappa shape index (κ1) is 23.1. The van der Waals surface area contributed by atoms with E-state index in [9.17, 15) is 27.6 Å². The molecule has 2 fully saturated rings. The Morgan fingerprint density at radius 1 is 1.00 bits per heavy atom. The van der Waals surface area contributed by atoms with Crippen LogP contribution in [-0.4, -0.2) is 28.6 Å². The highest BCUT2D eigenvalue weighted by atomic mass is 19.4. The summed E-state index contributed by atoms with van der Waals surface area (Å²) in [5.74, 6) is -2.31. The summed E-state index contributed by atoms with van der Waals surface area (Å²) >= 11 is 0. The van der Waals surface area contributed by atoms with Crippen molar-refractivity contribution in [2.45, 2.75) is 75.7 Å². The van der Waals surface area contributed by atoms with Crippen LogP contribution in [0.2, 0.25) is 0 Å². The normalized spacial score (nSPS) is 18.4. The predicted molar refractivity (Wildman–Crippen MR) is 113 cm³/mol. The predicted octanol–water partition coefficient (Wildman–Crippen LogP) is 4.26. The van der Waals surface area contributed by atoms with Gasteiger partial charge in [0.2, 0.25) is 5.43 Å². The molecule has 2 aliphatic rings. The van der Waals surface area contributed by atoms with E-state index < -0.39 is 40.8 Å². The summed E-state index contributed by atoms with van der Waals surface area (Å²) in [6, 6.07) is -0.113. The number of pyridine rings is 1. The summed E-state index contributed by atoms with van der Waals surface area (Å²) in [5, 5.41) is 4.73. The van der Waals surface area contributed by atoms with Crippen LogP contribution in [0.1, 0.15) is 89.9 Å². The fourth-order valence-corrected chi connectivity index (χ4v) is 4.17. The van der Waals surface area contributed by atoms with E-state index in [0.717, 1.165) is 63.7 Å². The number of amides is 2. The van der Waals surface area contributed by atoms with Gasteiger partial charge in [0.15, 0.2) is 6.04 Å². The van der Waals surface area contributed by atoms with Crippen LogP contribution in [0.4, 0.5) is 13.2 Å². The van der Waals surface area contributed by atoms with Crippen LogP contribution >= 0.6 is 0 Å². The van der Waals surface area contributed by atoms with Gasteiger partial charge in [-0.25, -0.2) is 0 Å². The second-order valence-corrected chi connectivity index (χ2v) is 8.72. The molecule has 1 atom stereocenters. The molecule has 0 radical (unpaired) electrons. The van der Waals surface area contributed by atoms with Gasteiger partial charge in [-0.2, -0.15) is 13.2 Å². The molecule has 178 valence electrons. The minimum atomic E-state index is -4.84. The Labute approximate surface area is 188 Å². The van der Waals surface area contributed by atoms with E-state index in [-0.39, 0.29) is 17.6 Å². The lowest BCUT2D eigenvalue weighted by molar-refractivity contribution is -0.159. The first-order valence-electron chi connectivity index (χ1n) is 11.2. The molecule has 0 aromatic carbocycles. The molecule has 2 aromatic heterocycles. The fourth-order valence-electron chi connectivity index (χ4n) is 4.17. The number of rotatable bonds is 6. The quantitative estimate of drug-likeness (QED) is 0.624. The molecule has 10 heteroatoms. The van der Waals surface area contributed by atoms with Gasteiger partial charge in [0, 0.05) is 24.5 Å². The Hall–Kier alpha value is -3.04. The van der Waals surface area contributed by atoms with E-state index in [4.69, 9.17) is 4.42 Å². The van der Waals surface area contributed by atoms with Crippen LogP contribution in [0.15, 0.2) is 40.0 Å². The van der Waals surface area contributed by atoms with Gasteiger partial charge in [-0.1, -0.05) is 25.7 Å². The molecule has 2 saturated carbocycles. The van der Waals surface area contributed by atoms with Crippen LogP contribution in [0, 0.1) is 0 Å². The summed E-state index contributed by atoms with van der Waals surface area (Å²) in [7, 11) is 0. The molecular weight excluding hydrogens is 439 g/mol. The maximum atomic E-state index is 13.6. The van der Waals surface area contributed by atoms with Crippen molar-refractivity contribution >= 4 is 11.8 Å². The van der Waals surface area contributed by atoms with Crippen molar-refractivity contribution in [2.75, 3.05) is 0 Å². The van der Waals surface area contributed by atoms with Gasteiger partial charge < -0.3 is 19.6 Å². The standard InChI is InChI=1S/C23H26F3N3O4/c24-23(25,26)20(18-8-5-11-33-18)28-22(32)17-13-29(15-9-10-15)12-16(19(17)30)21(31)27-14-6-3-1-2-4-7-14/h5,8,11-15,20H,1-4,6-7,9-10H2,(H,27,31)(H,28,32). The van der Waals surface area contributed by atoms with Crippen LogP contribution in [-0.2, 0) is 0 Å². The van der Waals surface area contributed by atoms with Gasteiger partial charge >= 0.3 is 6.18 Å². The van der Waals surface area contributed by atoms with Crippen molar-refractivity contribution in [1.82, 2.24) is 15.2 Å². The molecule has 4 rings (SSSR count). The summed E-state index contributed by atoms with van der Waals surface area (Å²) in [5.41, 5.74) is -1.63. The van der Waals surface area contributed by atoms with Gasteiger partial charge in [-0.15, -0.1) is 0 Å². The van der Waals surface area contributed by atoms with Crippen molar-refractivity contribution in [1.29, 1.82) is 0 Å². The second-order valence-electron chi connectivity index (χ2n) is 8.72. The van der Waals surface area contributed by atoms with Crippen molar-refractivity contribution in [2.24, 2.45) is 0 Å². The second kappa shape index (κ2) is 9.44. The molecule has 0 saturated heterocycles. The van der Waals surface area contributed by atoms with Crippen LogP contribution in [0.3, 0.4) is 0 Å². The number of carbonyl (C=O) groups excluding carboxylic acids is 2. The average molecular weight is 465 g/mol. The van der Waals surface area contributed by atoms with Gasteiger partial charge in [0.05, 0.1) is 6.26 Å². The highest BCUT2D eigenvalue weighted by Gasteiger charge is 2.44. The lowest BCUT2D eigenvalue weighted by atomic mass is 10.1. The molecule has 2 heterocycles. The number of hydrogen-bond acceptors (Lipinski definition) is 4. The minimum Gasteiger partial charge on any atom is -0.467 e. The highest BCUT2D eigenvalue weighted by Crippen LogP contribution is 2.35. The maximum Gasteiger partial charge on any atom is 0.415 e. The zero-order valence-corrected chi connectivity index (χ0v) is 18.0. The smallest absolute Gasteiger partial charge is 0.415 e. The average Bonchev–Trinajstić information content (AvgIpc) is 3.53. The first-order valence-corrected chi connectivity index (χ1v) is 11.2. The highest BCUT2D eigenvalue weighted by molar-refractivity contribution is 5.99. The number of furan rings is 1. The van der Waals surface area contributed by atoms with Crippen molar-refractivity contribution in [3.05, 3.63) is 57.9 Å². The first-order chi connectivity index (χ1) is 15.7. The SMILES string of the molecule is O=C(NC1CCCCCC1)c1cn(C2CC2)cc(C(=O)NC(c2ccco2)C(F)(F)F)c1=O. The summed E-state index contributed by atoms with van der Waals surface area (Å²) in [6.07, 6.45) is 6.20. The minimum absolute atomic E-state index is 0.00469. The summed E-state index contributed by atoms with van der Waals surface area (Å²) in [4.78, 5) is 38.8. The molecule has 2 amide bonds. The van der Waals surface area contributed by atoms with Crippen molar-refractivity contribution in [3.8, 4) is 0 Å². The maximum absolute atomic E-state index is 13.6. The zero-order valence-electron chi connectivity index (χ0n) is 18.0. The number of nitrogens with zero attached hydrogens (tertiary/aromatic N) is 1. The van der Waals surface area contributed by atoms with Gasteiger partial charge in [-0.3, -0.25) is 14.4 Å². The number of nitrogens with one attached hydrogen (secondary N) is 2. The lowest BCUT2D eigenvalue weighted by Crippen LogP contribution is -2.42. The summed E-state index contributed by atoms with van der Waals surface area (Å²) in [6.45, 7) is 0. The monoisotopic (exact) mass is 465 g/mol. The van der Waals surface area contributed by atoms with E-state index >= 15 is 0 Å². The Balaban J connectivity index is 1.62. The third-order valence-corrected chi connectivity index (χ3v) is 6.12. The number of halogens is 3. The zero-order chi connectivity index (χ0) is 23.6. The molecule has 0 bridgehead atoms. The number of carbonyl (C=O) groups is 2. The van der Waals surface area contributed by atoms with Gasteiger partial charge in [0.25, 0.3) is 11.8 Å². The molecule has 1 unspecified atom stereocenters. The molecule has 2 aliphatic carbocycles. The topological polar surface area (TPSA) is 93.3 Å². The molecule has 0 aliphatic heterocycles. The van der Waals surface area contributed by atoms with Crippen molar-refractivity contribution < 1.29 is 27.2 Å². The Bertz CT molecular complexity index is 1050. The molecule has 0 spiro atoms. The lowest BCUT2D eigenvalue weighted by Gasteiger charge is -2.20. The molecule has 2 N–H and O–H groups in total. The number of aromatic nitrogens is 1. The van der Waals surface area contributed by atoms with E-state index in [1.807, 2.05) is 5.32 Å². The Morgan fingerprint density at radius 2 is 1.64 bits per heavy atom. The third-order valence-electron chi connectivity index (χ3n) is 6.12. The van der Waals surface area contributed by atoms with E-state index in [1.165, 1.54) is 18.5 Å². The van der Waals surface area contributed by atoms with Crippen molar-refractivity contribution in [3.63, 3.8) is 0 Å². The number of hydrogen-bond donors (Lipinski definition) is 2. The molecule has 33 heavy (non-hydrogen) atoms. The van der Waals surface area contributed by atoms with Gasteiger partial charge in [0.1, 0.15) is 16.9 Å². The third kappa shape index (κ3) is 5.48. The Kier molecular flexibility index (Phi) is 6.62. The van der Waals surface area contributed by atoms with E-state index in [0.29, 0.717) is 0 Å². The molecule has 2 aromatic rings. The largest absolute Gasteiger partial charge is 0.467 e. The van der Waals surface area contributed by atoms with Crippen LogP contribution in [0.5, 0.6) is 0 Å². The van der Waals surface area contributed by atoms with E-state index in [2.05, 4.69) is 5.32 Å². The fraction of sp³-hybridized carbons (Fsp3) is 0.522. The molecular formula is C23H26F3N3O4. The van der Waals surface area contributed by atoms with Crippen LogP contribution < -0.4 is 16.1 Å². The molecule has 7 nitrogen and oxygen atoms in total. The summed E-state index contributed by atoms with van der Waals surface area (Å²) < 4.78 is 47.1. The number of alkyl halides is 3. The van der Waals surface area contributed by atoms with Crippen LogP contribution in [0.25, 0.3) is 0 Å². The van der Waals surface area contributed by atoms with Gasteiger partial charge in [-0.05, 0) is 37.8 Å². The Morgan fingerprint density at radius 3 is 2.18 bits per heavy atom.